The molecule has 0 bridgehead atoms. The summed E-state index contributed by atoms with van der Waals surface area (Å²) in [4.78, 5) is 14.0. The smallest absolute Gasteiger partial charge is 0.255 e. The quantitative estimate of drug-likeness (QED) is 0.622. The van der Waals surface area contributed by atoms with Gasteiger partial charge in [0.1, 0.15) is 0 Å². The van der Waals surface area contributed by atoms with Crippen LogP contribution in [0.15, 0.2) is 18.2 Å². The summed E-state index contributed by atoms with van der Waals surface area (Å²) in [7, 11) is 1.82. The van der Waals surface area contributed by atoms with Gasteiger partial charge in [-0.1, -0.05) is 19.9 Å². The molecule has 0 atom stereocenters. The number of amides is 1. The van der Waals surface area contributed by atoms with E-state index in [1.807, 2.05) is 32.2 Å². The van der Waals surface area contributed by atoms with Gasteiger partial charge < -0.3 is 10.3 Å². The van der Waals surface area contributed by atoms with Crippen molar-refractivity contribution in [1.82, 2.24) is 4.90 Å². The van der Waals surface area contributed by atoms with Crippen molar-refractivity contribution >= 4 is 11.6 Å². The Hall–Kier alpha value is -1.55. The highest BCUT2D eigenvalue weighted by Gasteiger charge is 2.15. The summed E-state index contributed by atoms with van der Waals surface area (Å²) >= 11 is 0. The summed E-state index contributed by atoms with van der Waals surface area (Å²) in [5.41, 5.74) is 4.96. The van der Waals surface area contributed by atoms with Crippen LogP contribution in [0, 0.1) is 12.8 Å². The summed E-state index contributed by atoms with van der Waals surface area (Å²) in [6, 6.07) is 5.62. The van der Waals surface area contributed by atoms with E-state index < -0.39 is 0 Å². The Morgan fingerprint density at radius 1 is 1.44 bits per heavy atom. The van der Waals surface area contributed by atoms with Gasteiger partial charge in [0.25, 0.3) is 5.91 Å². The number of hydrazine groups is 1. The van der Waals surface area contributed by atoms with E-state index >= 15 is 0 Å². The van der Waals surface area contributed by atoms with E-state index in [1.165, 1.54) is 0 Å². The highest BCUT2D eigenvalue weighted by Crippen LogP contribution is 2.18. The van der Waals surface area contributed by atoms with Crippen molar-refractivity contribution in [3.05, 3.63) is 29.3 Å². The topological polar surface area (TPSA) is 58.4 Å². The third kappa shape index (κ3) is 3.74. The molecular weight excluding hydrogens is 226 g/mol. The van der Waals surface area contributed by atoms with E-state index in [4.69, 9.17) is 5.84 Å². The van der Waals surface area contributed by atoms with E-state index in [9.17, 15) is 4.79 Å². The Labute approximate surface area is 109 Å². The summed E-state index contributed by atoms with van der Waals surface area (Å²) in [6.07, 6.45) is 0.999. The van der Waals surface area contributed by atoms with Gasteiger partial charge >= 0.3 is 0 Å². The predicted molar refractivity (Wildman–Crippen MR) is 75.4 cm³/mol. The van der Waals surface area contributed by atoms with Gasteiger partial charge in [-0.15, -0.1) is 0 Å². The number of hydrogen-bond donors (Lipinski definition) is 2. The van der Waals surface area contributed by atoms with Crippen LogP contribution in [0.4, 0.5) is 5.69 Å². The molecule has 0 unspecified atom stereocenters. The van der Waals surface area contributed by atoms with Gasteiger partial charge in [-0.3, -0.25) is 10.6 Å². The fraction of sp³-hybridized carbons (Fsp3) is 0.500. The van der Waals surface area contributed by atoms with Crippen LogP contribution in [0.3, 0.4) is 0 Å². The lowest BCUT2D eigenvalue weighted by Gasteiger charge is -2.20. The number of nitrogens with two attached hydrogens (primary N) is 1. The molecule has 3 N–H and O–H groups in total. The molecule has 4 nitrogen and oxygen atoms in total. The lowest BCUT2D eigenvalue weighted by Crippen LogP contribution is -2.29. The fourth-order valence-electron chi connectivity index (χ4n) is 1.72. The minimum atomic E-state index is 0.00333. The Kier molecular flexibility index (Phi) is 5.16. The number of benzene rings is 1. The minimum Gasteiger partial charge on any atom is -0.342 e. The molecule has 0 spiro atoms. The van der Waals surface area contributed by atoms with Crippen LogP contribution in [0.1, 0.15) is 36.2 Å². The van der Waals surface area contributed by atoms with Gasteiger partial charge in [-0.05, 0) is 37.0 Å². The zero-order chi connectivity index (χ0) is 13.7. The lowest BCUT2D eigenvalue weighted by atomic mass is 10.1. The molecule has 0 radical (unpaired) electrons. The summed E-state index contributed by atoms with van der Waals surface area (Å²) < 4.78 is 0. The van der Waals surface area contributed by atoms with Crippen LogP contribution in [0.5, 0.6) is 0 Å². The van der Waals surface area contributed by atoms with Crippen LogP contribution in [0.25, 0.3) is 0 Å². The molecule has 0 heterocycles. The number of rotatable bonds is 5. The van der Waals surface area contributed by atoms with Crippen molar-refractivity contribution in [2.24, 2.45) is 11.8 Å². The lowest BCUT2D eigenvalue weighted by molar-refractivity contribution is 0.0790. The average Bonchev–Trinajstić information content (AvgIpc) is 2.34. The molecular formula is C14H23N3O. The Balaban J connectivity index is 2.83. The third-order valence-corrected chi connectivity index (χ3v) is 2.95. The van der Waals surface area contributed by atoms with Gasteiger partial charge in [-0.25, -0.2) is 0 Å². The largest absolute Gasteiger partial charge is 0.342 e. The van der Waals surface area contributed by atoms with E-state index in [0.717, 1.165) is 18.5 Å². The van der Waals surface area contributed by atoms with Crippen LogP contribution in [0.2, 0.25) is 0 Å². The molecule has 1 amide bonds. The van der Waals surface area contributed by atoms with Gasteiger partial charge in [0, 0.05) is 13.6 Å². The van der Waals surface area contributed by atoms with Crippen molar-refractivity contribution in [3.8, 4) is 0 Å². The zero-order valence-corrected chi connectivity index (χ0v) is 11.7. The SMILES string of the molecule is Cc1ccc(C(=O)N(C)CCC(C)C)c(NN)c1. The molecule has 1 aromatic carbocycles. The highest BCUT2D eigenvalue weighted by molar-refractivity contribution is 5.99. The maximum Gasteiger partial charge on any atom is 0.255 e. The molecule has 0 fully saturated rings. The number of aryl methyl sites for hydroxylation is 1. The molecule has 0 aliphatic rings. The molecule has 0 saturated heterocycles. The van der Waals surface area contributed by atoms with E-state index in [2.05, 4.69) is 19.3 Å². The van der Waals surface area contributed by atoms with Crippen LogP contribution in [-0.4, -0.2) is 24.4 Å². The maximum atomic E-state index is 12.3. The molecule has 0 aromatic heterocycles. The van der Waals surface area contributed by atoms with Crippen molar-refractivity contribution in [2.45, 2.75) is 27.2 Å². The van der Waals surface area contributed by atoms with Gasteiger partial charge in [0.2, 0.25) is 0 Å². The second kappa shape index (κ2) is 6.40. The van der Waals surface area contributed by atoms with Crippen LogP contribution < -0.4 is 11.3 Å². The number of nitrogens with one attached hydrogen (secondary N) is 1. The molecule has 0 aliphatic heterocycles. The van der Waals surface area contributed by atoms with Crippen molar-refractivity contribution in [2.75, 3.05) is 19.0 Å². The first kappa shape index (κ1) is 14.5. The highest BCUT2D eigenvalue weighted by atomic mass is 16.2. The first-order valence-electron chi connectivity index (χ1n) is 6.28. The first-order valence-corrected chi connectivity index (χ1v) is 6.28. The summed E-state index contributed by atoms with van der Waals surface area (Å²) in [6.45, 7) is 7.03. The summed E-state index contributed by atoms with van der Waals surface area (Å²) in [5.74, 6) is 6.05. The van der Waals surface area contributed by atoms with E-state index in [0.29, 0.717) is 17.2 Å². The number of hydrogen-bond acceptors (Lipinski definition) is 3. The van der Waals surface area contributed by atoms with Gasteiger partial charge in [0.05, 0.1) is 11.3 Å². The first-order chi connectivity index (χ1) is 8.45. The number of carbonyl (C=O) groups excluding carboxylic acids is 1. The predicted octanol–water partition coefficient (Wildman–Crippen LogP) is 2.40. The second-order valence-corrected chi connectivity index (χ2v) is 5.10. The summed E-state index contributed by atoms with van der Waals surface area (Å²) in [5, 5.41) is 0. The normalized spacial score (nSPS) is 10.6. The Morgan fingerprint density at radius 3 is 2.67 bits per heavy atom. The standard InChI is InChI=1S/C14H23N3O/c1-10(2)7-8-17(4)14(18)12-6-5-11(3)9-13(12)16-15/h5-6,9-10,16H,7-8,15H2,1-4H3. The minimum absolute atomic E-state index is 0.00333. The second-order valence-electron chi connectivity index (χ2n) is 5.10. The van der Waals surface area contributed by atoms with E-state index in [1.54, 1.807) is 4.90 Å². The van der Waals surface area contributed by atoms with Crippen LogP contribution in [-0.2, 0) is 0 Å². The molecule has 4 heteroatoms. The zero-order valence-electron chi connectivity index (χ0n) is 11.7. The monoisotopic (exact) mass is 249 g/mol. The number of nitrogen functional groups attached to an aromatic ring is 1. The molecule has 0 saturated carbocycles. The number of nitrogens with zero attached hydrogens (tertiary/aromatic N) is 1. The molecule has 1 aromatic rings. The Bertz CT molecular complexity index is 416. The third-order valence-electron chi connectivity index (χ3n) is 2.95. The fourth-order valence-corrected chi connectivity index (χ4v) is 1.72. The molecule has 100 valence electrons. The number of carbonyl (C=O) groups is 1. The van der Waals surface area contributed by atoms with Crippen molar-refractivity contribution in [3.63, 3.8) is 0 Å². The van der Waals surface area contributed by atoms with Crippen molar-refractivity contribution in [1.29, 1.82) is 0 Å². The van der Waals surface area contributed by atoms with Gasteiger partial charge in [0.15, 0.2) is 0 Å². The van der Waals surface area contributed by atoms with Gasteiger partial charge in [-0.2, -0.15) is 0 Å². The molecule has 0 aliphatic carbocycles. The van der Waals surface area contributed by atoms with Crippen molar-refractivity contribution < 1.29 is 4.79 Å². The Morgan fingerprint density at radius 2 is 2.11 bits per heavy atom. The average molecular weight is 249 g/mol. The van der Waals surface area contributed by atoms with Crippen LogP contribution >= 0.6 is 0 Å². The van der Waals surface area contributed by atoms with E-state index in [-0.39, 0.29) is 5.91 Å². The maximum absolute atomic E-state index is 12.3. The molecule has 18 heavy (non-hydrogen) atoms. The number of anilines is 1. The molecule has 1 rings (SSSR count).